The van der Waals surface area contributed by atoms with Crippen molar-refractivity contribution in [3.05, 3.63) is 84.2 Å². The fourth-order valence-corrected chi connectivity index (χ4v) is 4.74. The van der Waals surface area contributed by atoms with Crippen LogP contribution in [-0.4, -0.2) is 51.8 Å². The van der Waals surface area contributed by atoms with Gasteiger partial charge in [-0.25, -0.2) is 9.37 Å². The standard InChI is InChI=1S/C25H26FN3O3/c26-21-6-2-7-22(13-21)32-23-14-25(31-16-23)8-3-10-29(17-25)24(30)20-5-1-4-19(12-20)15-28-11-9-27-18-28/h1-2,4-7,9,11-13,18,23H,3,8,10,14-17H2/t23-,25+/m1/s1. The molecule has 0 radical (unpaired) electrons. The van der Waals surface area contributed by atoms with Crippen LogP contribution in [0.25, 0.3) is 0 Å². The Morgan fingerprint density at radius 3 is 3.00 bits per heavy atom. The van der Waals surface area contributed by atoms with Crippen LogP contribution < -0.4 is 4.74 Å². The molecule has 5 rings (SSSR count). The molecule has 3 heterocycles. The van der Waals surface area contributed by atoms with E-state index in [1.165, 1.54) is 12.1 Å². The van der Waals surface area contributed by atoms with Gasteiger partial charge in [0.05, 0.1) is 25.1 Å². The highest BCUT2D eigenvalue weighted by atomic mass is 19.1. The molecular formula is C25H26FN3O3. The predicted octanol–water partition coefficient (Wildman–Crippen LogP) is 3.91. The summed E-state index contributed by atoms with van der Waals surface area (Å²) in [4.78, 5) is 19.2. The summed E-state index contributed by atoms with van der Waals surface area (Å²) in [5.41, 5.74) is 1.34. The number of hydrogen-bond donors (Lipinski definition) is 0. The van der Waals surface area contributed by atoms with Gasteiger partial charge in [-0.1, -0.05) is 18.2 Å². The van der Waals surface area contributed by atoms with E-state index in [0.717, 1.165) is 18.4 Å². The fourth-order valence-electron chi connectivity index (χ4n) is 4.74. The molecule has 2 aliphatic heterocycles. The van der Waals surface area contributed by atoms with Gasteiger partial charge in [-0.2, -0.15) is 0 Å². The number of amides is 1. The number of carbonyl (C=O) groups is 1. The zero-order valence-electron chi connectivity index (χ0n) is 17.8. The highest BCUT2D eigenvalue weighted by Crippen LogP contribution is 2.36. The van der Waals surface area contributed by atoms with Gasteiger partial charge in [-0.15, -0.1) is 0 Å². The van der Waals surface area contributed by atoms with Gasteiger partial charge in [0.25, 0.3) is 5.91 Å². The Hall–Kier alpha value is -3.19. The van der Waals surface area contributed by atoms with E-state index in [0.29, 0.717) is 44.0 Å². The van der Waals surface area contributed by atoms with Gasteiger partial charge >= 0.3 is 0 Å². The predicted molar refractivity (Wildman–Crippen MR) is 117 cm³/mol. The van der Waals surface area contributed by atoms with Crippen molar-refractivity contribution < 1.29 is 18.7 Å². The molecule has 2 fully saturated rings. The van der Waals surface area contributed by atoms with E-state index in [1.54, 1.807) is 24.7 Å². The van der Waals surface area contributed by atoms with Crippen molar-refractivity contribution in [1.29, 1.82) is 0 Å². The van der Waals surface area contributed by atoms with Gasteiger partial charge in [-0.3, -0.25) is 4.79 Å². The van der Waals surface area contributed by atoms with Crippen molar-refractivity contribution >= 4 is 5.91 Å². The van der Waals surface area contributed by atoms with Crippen LogP contribution in [0.3, 0.4) is 0 Å². The molecule has 0 aliphatic carbocycles. The minimum absolute atomic E-state index is 0.0228. The normalized spacial score (nSPS) is 22.9. The van der Waals surface area contributed by atoms with Gasteiger partial charge < -0.3 is 18.9 Å². The third kappa shape index (κ3) is 4.53. The Kier molecular flexibility index (Phi) is 5.66. The number of nitrogens with zero attached hydrogens (tertiary/aromatic N) is 3. The Morgan fingerprint density at radius 1 is 1.25 bits per heavy atom. The van der Waals surface area contributed by atoms with E-state index in [2.05, 4.69) is 4.98 Å². The first-order valence-electron chi connectivity index (χ1n) is 11.0. The van der Waals surface area contributed by atoms with E-state index < -0.39 is 5.60 Å². The second kappa shape index (κ2) is 8.74. The van der Waals surface area contributed by atoms with Gasteiger partial charge in [0.1, 0.15) is 17.7 Å². The van der Waals surface area contributed by atoms with Gasteiger partial charge in [0.2, 0.25) is 0 Å². The number of halogens is 1. The van der Waals surface area contributed by atoms with Crippen molar-refractivity contribution in [3.8, 4) is 5.75 Å². The molecule has 2 aliphatic rings. The van der Waals surface area contributed by atoms with E-state index >= 15 is 0 Å². The van der Waals surface area contributed by atoms with Crippen molar-refractivity contribution in [2.45, 2.75) is 37.5 Å². The largest absolute Gasteiger partial charge is 0.488 e. The fraction of sp³-hybridized carbons (Fsp3) is 0.360. The molecule has 0 unspecified atom stereocenters. The lowest BCUT2D eigenvalue weighted by molar-refractivity contribution is -0.0453. The van der Waals surface area contributed by atoms with Crippen LogP contribution >= 0.6 is 0 Å². The molecule has 32 heavy (non-hydrogen) atoms. The number of piperidine rings is 1. The summed E-state index contributed by atoms with van der Waals surface area (Å²) < 4.78 is 27.6. The summed E-state index contributed by atoms with van der Waals surface area (Å²) in [6, 6.07) is 13.9. The van der Waals surface area contributed by atoms with E-state index in [4.69, 9.17) is 9.47 Å². The highest BCUT2D eigenvalue weighted by Gasteiger charge is 2.45. The molecule has 1 spiro atoms. The second-order valence-electron chi connectivity index (χ2n) is 8.66. The lowest BCUT2D eigenvalue weighted by Crippen LogP contribution is -2.50. The summed E-state index contributed by atoms with van der Waals surface area (Å²) in [7, 11) is 0. The van der Waals surface area contributed by atoms with Crippen LogP contribution in [0.4, 0.5) is 4.39 Å². The van der Waals surface area contributed by atoms with E-state index in [1.807, 2.05) is 39.9 Å². The summed E-state index contributed by atoms with van der Waals surface area (Å²) in [6.07, 6.45) is 7.73. The third-order valence-electron chi connectivity index (χ3n) is 6.20. The Morgan fingerprint density at radius 2 is 2.16 bits per heavy atom. The molecule has 2 aromatic carbocycles. The minimum Gasteiger partial charge on any atom is -0.488 e. The monoisotopic (exact) mass is 435 g/mol. The molecule has 7 heteroatoms. The average molecular weight is 435 g/mol. The molecule has 3 aromatic rings. The quantitative estimate of drug-likeness (QED) is 0.610. The van der Waals surface area contributed by atoms with Crippen LogP contribution in [0.2, 0.25) is 0 Å². The van der Waals surface area contributed by atoms with Crippen molar-refractivity contribution in [2.75, 3.05) is 19.7 Å². The Labute approximate surface area is 186 Å². The number of rotatable bonds is 5. The summed E-state index contributed by atoms with van der Waals surface area (Å²) >= 11 is 0. The Bertz CT molecular complexity index is 1090. The first-order chi connectivity index (χ1) is 15.6. The molecule has 1 aromatic heterocycles. The minimum atomic E-state index is -0.402. The number of carbonyl (C=O) groups excluding carboxylic acids is 1. The molecule has 0 bridgehead atoms. The van der Waals surface area contributed by atoms with Gasteiger partial charge in [0, 0.05) is 43.5 Å². The molecule has 2 atom stereocenters. The second-order valence-corrected chi connectivity index (χ2v) is 8.66. The number of ether oxygens (including phenoxy) is 2. The maximum atomic E-state index is 13.5. The molecule has 0 N–H and O–H groups in total. The summed E-state index contributed by atoms with van der Waals surface area (Å²) in [6.45, 7) is 2.37. The van der Waals surface area contributed by atoms with Crippen LogP contribution in [0.1, 0.15) is 35.2 Å². The smallest absolute Gasteiger partial charge is 0.253 e. The summed E-state index contributed by atoms with van der Waals surface area (Å²) in [5, 5.41) is 0. The lowest BCUT2D eigenvalue weighted by atomic mass is 9.89. The molecule has 0 saturated carbocycles. The van der Waals surface area contributed by atoms with E-state index in [-0.39, 0.29) is 17.8 Å². The topological polar surface area (TPSA) is 56.6 Å². The van der Waals surface area contributed by atoms with Gasteiger partial charge in [0.15, 0.2) is 0 Å². The van der Waals surface area contributed by atoms with Gasteiger partial charge in [-0.05, 0) is 42.7 Å². The maximum absolute atomic E-state index is 13.5. The van der Waals surface area contributed by atoms with Crippen molar-refractivity contribution in [3.63, 3.8) is 0 Å². The van der Waals surface area contributed by atoms with Crippen LogP contribution in [0.5, 0.6) is 5.75 Å². The van der Waals surface area contributed by atoms with Crippen molar-refractivity contribution in [1.82, 2.24) is 14.5 Å². The average Bonchev–Trinajstić information content (AvgIpc) is 3.44. The number of likely N-dealkylation sites (tertiary alicyclic amines) is 1. The maximum Gasteiger partial charge on any atom is 0.253 e. The number of imidazole rings is 1. The zero-order valence-corrected chi connectivity index (χ0v) is 17.8. The number of hydrogen-bond acceptors (Lipinski definition) is 4. The van der Waals surface area contributed by atoms with Crippen LogP contribution in [0, 0.1) is 5.82 Å². The third-order valence-corrected chi connectivity index (χ3v) is 6.20. The molecule has 6 nitrogen and oxygen atoms in total. The first-order valence-corrected chi connectivity index (χ1v) is 11.0. The lowest BCUT2D eigenvalue weighted by Gasteiger charge is -2.39. The number of aromatic nitrogens is 2. The molecule has 1 amide bonds. The first kappa shape index (κ1) is 20.7. The SMILES string of the molecule is O=C(c1cccc(Cn2ccnc2)c1)N1CCC[C@]2(C[C@@H](Oc3cccc(F)c3)CO2)C1. The zero-order chi connectivity index (χ0) is 22.0. The van der Waals surface area contributed by atoms with Crippen LogP contribution in [0.15, 0.2) is 67.3 Å². The van der Waals surface area contributed by atoms with Crippen LogP contribution in [-0.2, 0) is 11.3 Å². The van der Waals surface area contributed by atoms with E-state index in [9.17, 15) is 9.18 Å². The van der Waals surface area contributed by atoms with Crippen molar-refractivity contribution in [2.24, 2.45) is 0 Å². The number of benzene rings is 2. The molecule has 2 saturated heterocycles. The summed E-state index contributed by atoms with van der Waals surface area (Å²) in [5.74, 6) is 0.213. The molecule has 166 valence electrons. The highest BCUT2D eigenvalue weighted by molar-refractivity contribution is 5.94. The Balaban J connectivity index is 1.24. The molecular weight excluding hydrogens is 409 g/mol.